The van der Waals surface area contributed by atoms with E-state index < -0.39 is 11.9 Å². The molecule has 2 atom stereocenters. The number of aryl methyl sites for hydroxylation is 2. The van der Waals surface area contributed by atoms with Gasteiger partial charge in [-0.15, -0.1) is 0 Å². The molecule has 10 rings (SSSR count). The average molecular weight is 974 g/mol. The summed E-state index contributed by atoms with van der Waals surface area (Å²) in [5.41, 5.74) is 7.54. The number of hydrogen-bond donors (Lipinski definition) is 4. The van der Waals surface area contributed by atoms with Crippen LogP contribution in [0.15, 0.2) is 91.0 Å². The Hall–Kier alpha value is -7.50. The van der Waals surface area contributed by atoms with Crippen molar-refractivity contribution in [2.24, 2.45) is 18.9 Å². The van der Waals surface area contributed by atoms with Crippen LogP contribution in [-0.2, 0) is 34.4 Å². The number of likely N-dealkylation sites (tertiary alicyclic amines) is 1. The van der Waals surface area contributed by atoms with Crippen molar-refractivity contribution in [1.29, 1.82) is 0 Å². The van der Waals surface area contributed by atoms with Gasteiger partial charge in [0.1, 0.15) is 11.6 Å². The van der Waals surface area contributed by atoms with Crippen molar-refractivity contribution >= 4 is 78.7 Å². The van der Waals surface area contributed by atoms with Gasteiger partial charge in [0.2, 0.25) is 17.7 Å². The molecule has 7 aromatic rings. The van der Waals surface area contributed by atoms with Gasteiger partial charge in [0.05, 0.1) is 40.5 Å². The number of nitrogens with one attached hydrogen (secondary N) is 3. The Morgan fingerprint density at radius 2 is 1.72 bits per heavy atom. The number of aromatic nitrogens is 4. The Kier molecular flexibility index (Phi) is 13.3. The normalized spacial score (nSPS) is 16.9. The van der Waals surface area contributed by atoms with Gasteiger partial charge in [-0.2, -0.15) is 5.10 Å². The third-order valence-electron chi connectivity index (χ3n) is 14.0. The van der Waals surface area contributed by atoms with E-state index in [-0.39, 0.29) is 35.7 Å². The summed E-state index contributed by atoms with van der Waals surface area (Å²) in [7, 11) is 1.81. The van der Waals surface area contributed by atoms with Crippen molar-refractivity contribution < 1.29 is 33.8 Å². The SMILES string of the molecule is Cc1cc(OCC(C)CC2CCN(CC(=O)Nc3ccc4c(C5CCC(=O)NC5=O)nn(C)c4c3)CC2)ccc1-c1ccc(N2CCc3cccc(C(=O)Nc4nc5ccccc5s4)c3C2)nc1C(=O)O. The molecular weight excluding hydrogens is 919 g/mol. The number of anilines is 3. The van der Waals surface area contributed by atoms with E-state index in [0.29, 0.717) is 90.1 Å². The van der Waals surface area contributed by atoms with Gasteiger partial charge < -0.3 is 20.1 Å². The number of imide groups is 1. The molecule has 4 aromatic carbocycles. The Morgan fingerprint density at radius 1 is 0.901 bits per heavy atom. The maximum Gasteiger partial charge on any atom is 0.355 e. The van der Waals surface area contributed by atoms with Crippen LogP contribution in [0.3, 0.4) is 0 Å². The minimum atomic E-state index is -1.12. The van der Waals surface area contributed by atoms with Crippen molar-refractivity contribution in [2.75, 3.05) is 48.3 Å². The molecular formula is C54H55N9O7S. The van der Waals surface area contributed by atoms with E-state index in [1.807, 2.05) is 103 Å². The number of ether oxygens (including phenoxy) is 1. The van der Waals surface area contributed by atoms with E-state index in [4.69, 9.17) is 9.72 Å². The van der Waals surface area contributed by atoms with E-state index in [1.165, 1.54) is 11.3 Å². The van der Waals surface area contributed by atoms with Crippen molar-refractivity contribution in [3.05, 3.63) is 125 Å². The molecule has 71 heavy (non-hydrogen) atoms. The van der Waals surface area contributed by atoms with E-state index in [0.717, 1.165) is 75.7 Å². The van der Waals surface area contributed by atoms with E-state index in [9.17, 15) is 29.1 Å². The summed E-state index contributed by atoms with van der Waals surface area (Å²) in [4.78, 5) is 77.2. The topological polar surface area (TPSA) is 201 Å². The van der Waals surface area contributed by atoms with E-state index in [1.54, 1.807) is 11.7 Å². The summed E-state index contributed by atoms with van der Waals surface area (Å²) in [6.07, 6.45) is 4.35. The zero-order valence-corrected chi connectivity index (χ0v) is 40.7. The smallest absolute Gasteiger partial charge is 0.355 e. The van der Waals surface area contributed by atoms with Crippen molar-refractivity contribution in [3.63, 3.8) is 0 Å². The monoisotopic (exact) mass is 973 g/mol. The third kappa shape index (κ3) is 10.2. The number of rotatable bonds is 14. The number of carbonyl (C=O) groups excluding carboxylic acids is 4. The first-order valence-corrected chi connectivity index (χ1v) is 25.0. The number of carboxylic acid groups (broad SMARTS) is 1. The first-order chi connectivity index (χ1) is 34.3. The van der Waals surface area contributed by atoms with Gasteiger partial charge in [0, 0.05) is 48.8 Å². The fraction of sp³-hybridized carbons (Fsp3) is 0.333. The lowest BCUT2D eigenvalue weighted by Gasteiger charge is -2.32. The molecule has 0 radical (unpaired) electrons. The van der Waals surface area contributed by atoms with Crippen molar-refractivity contribution in [1.82, 2.24) is 30.0 Å². The number of hydrogen-bond acceptors (Lipinski definition) is 12. The Labute approximate surface area is 414 Å². The van der Waals surface area contributed by atoms with Crippen LogP contribution in [0.5, 0.6) is 5.75 Å². The summed E-state index contributed by atoms with van der Waals surface area (Å²) in [5.74, 6) is -0.475. The van der Waals surface area contributed by atoms with Gasteiger partial charge in [-0.05, 0) is 147 Å². The molecule has 0 aliphatic carbocycles. The number of piperidine rings is 2. The van der Waals surface area contributed by atoms with Gasteiger partial charge in [0.25, 0.3) is 5.91 Å². The van der Waals surface area contributed by atoms with Crippen LogP contribution in [0.2, 0.25) is 0 Å². The molecule has 3 aliphatic heterocycles. The first-order valence-electron chi connectivity index (χ1n) is 24.2. The summed E-state index contributed by atoms with van der Waals surface area (Å²) in [5, 5.41) is 24.8. The minimum Gasteiger partial charge on any atom is -0.493 e. The molecule has 0 spiro atoms. The zero-order chi connectivity index (χ0) is 49.3. The van der Waals surface area contributed by atoms with Crippen molar-refractivity contribution in [3.8, 4) is 16.9 Å². The molecule has 3 aliphatic rings. The Bertz CT molecular complexity index is 3200. The standard InChI is InChI=1S/C54H55N9O7S/c1-31(25-33-19-22-62(23-20-33)29-48(65)55-35-11-13-40-44(27-35)61(3)60-49(40)41-16-18-47(64)58-52(41)67)30-70-36-12-14-37(32(2)26-36)38-15-17-46(57-50(38)53(68)69)63-24-21-34-7-6-8-39(42(34)28-63)51(66)59-54-56-43-9-4-5-10-45(43)71-54/h4-15,17,26-27,31,33,41H,16,18-25,28-30H2,1-3H3,(H,55,65)(H,68,69)(H,56,59,66)(H,58,64,67). The fourth-order valence-corrected chi connectivity index (χ4v) is 11.2. The second-order valence-corrected chi connectivity index (χ2v) is 20.1. The van der Waals surface area contributed by atoms with Crippen LogP contribution in [0.4, 0.5) is 16.6 Å². The van der Waals surface area contributed by atoms with Gasteiger partial charge in [-0.1, -0.05) is 48.6 Å². The number of benzene rings is 4. The molecule has 4 N–H and O–H groups in total. The van der Waals surface area contributed by atoms with Crippen LogP contribution in [-0.4, -0.2) is 92.1 Å². The molecule has 16 nitrogen and oxygen atoms in total. The van der Waals surface area contributed by atoms with Crippen molar-refractivity contribution in [2.45, 2.75) is 64.8 Å². The van der Waals surface area contributed by atoms with Gasteiger partial charge in [-0.3, -0.25) is 39.4 Å². The number of para-hydroxylation sites is 1. The summed E-state index contributed by atoms with van der Waals surface area (Å²) in [6.45, 7) is 7.65. The maximum atomic E-state index is 13.6. The number of carboxylic acids is 1. The number of thiazole rings is 1. The predicted molar refractivity (Wildman–Crippen MR) is 273 cm³/mol. The zero-order valence-electron chi connectivity index (χ0n) is 39.9. The van der Waals surface area contributed by atoms with Gasteiger partial charge in [0.15, 0.2) is 10.8 Å². The first kappa shape index (κ1) is 47.2. The lowest BCUT2D eigenvalue weighted by atomic mass is 9.88. The number of nitrogens with zero attached hydrogens (tertiary/aromatic N) is 6. The Balaban J connectivity index is 0.703. The maximum absolute atomic E-state index is 13.6. The number of amides is 4. The van der Waals surface area contributed by atoms with Crippen LogP contribution in [0.1, 0.15) is 88.2 Å². The van der Waals surface area contributed by atoms with Crippen LogP contribution >= 0.6 is 11.3 Å². The molecule has 0 bridgehead atoms. The quantitative estimate of drug-likeness (QED) is 0.0761. The van der Waals surface area contributed by atoms with E-state index >= 15 is 0 Å². The molecule has 2 fully saturated rings. The minimum absolute atomic E-state index is 0.0432. The summed E-state index contributed by atoms with van der Waals surface area (Å²) >= 11 is 1.43. The largest absolute Gasteiger partial charge is 0.493 e. The summed E-state index contributed by atoms with van der Waals surface area (Å²) < 4.78 is 8.99. The highest BCUT2D eigenvalue weighted by Crippen LogP contribution is 2.35. The summed E-state index contributed by atoms with van der Waals surface area (Å²) in [6, 6.07) is 28.5. The second kappa shape index (κ2) is 20.1. The number of fused-ring (bicyclic) bond motifs is 3. The number of aromatic carboxylic acids is 1. The van der Waals surface area contributed by atoms with Gasteiger partial charge >= 0.3 is 5.97 Å². The molecule has 6 heterocycles. The Morgan fingerprint density at radius 3 is 2.51 bits per heavy atom. The predicted octanol–water partition coefficient (Wildman–Crippen LogP) is 8.34. The highest BCUT2D eigenvalue weighted by molar-refractivity contribution is 7.22. The molecule has 0 saturated carbocycles. The third-order valence-corrected chi connectivity index (χ3v) is 15.0. The van der Waals surface area contributed by atoms with Crippen LogP contribution in [0, 0.1) is 18.8 Å². The molecule has 2 unspecified atom stereocenters. The molecule has 3 aromatic heterocycles. The number of carbonyl (C=O) groups is 5. The lowest BCUT2D eigenvalue weighted by molar-refractivity contribution is -0.134. The van der Waals surface area contributed by atoms with Gasteiger partial charge in [-0.25, -0.2) is 14.8 Å². The molecule has 2 saturated heterocycles. The molecule has 4 amide bonds. The van der Waals surface area contributed by atoms with E-state index in [2.05, 4.69) is 37.9 Å². The lowest BCUT2D eigenvalue weighted by Crippen LogP contribution is -2.39. The molecule has 364 valence electrons. The van der Waals surface area contributed by atoms with Crippen LogP contribution < -0.4 is 25.6 Å². The number of pyridine rings is 1. The molecule has 17 heteroatoms. The highest BCUT2D eigenvalue weighted by Gasteiger charge is 2.32. The van der Waals surface area contributed by atoms with Crippen LogP contribution in [0.25, 0.3) is 32.2 Å². The highest BCUT2D eigenvalue weighted by atomic mass is 32.1. The fourth-order valence-electron chi connectivity index (χ4n) is 10.3. The average Bonchev–Trinajstić information content (AvgIpc) is 3.92. The second-order valence-electron chi connectivity index (χ2n) is 19.1.